The number of aliphatic hydroxyl groups excluding tert-OH is 4. The normalized spacial score (nSPS) is 50.0. The molecule has 0 radical (unpaired) electrons. The van der Waals surface area contributed by atoms with Crippen LogP contribution in [0.3, 0.4) is 0 Å². The highest BCUT2D eigenvalue weighted by Crippen LogP contribution is 2.32. The third kappa shape index (κ3) is 3.74. The average Bonchev–Trinajstić information content (AvgIpc) is 2.59. The van der Waals surface area contributed by atoms with Crippen molar-refractivity contribution in [3.63, 3.8) is 0 Å². The molecule has 2 rings (SSSR count). The van der Waals surface area contributed by atoms with E-state index in [9.17, 15) is 20.4 Å². The molecule has 9 nitrogen and oxygen atoms in total. The molecule has 0 aliphatic carbocycles. The Labute approximate surface area is 141 Å². The lowest BCUT2D eigenvalue weighted by atomic mass is 9.89. The van der Waals surface area contributed by atoms with Gasteiger partial charge in [-0.05, 0) is 0 Å². The second-order valence-corrected chi connectivity index (χ2v) is 6.56. The second kappa shape index (κ2) is 8.35. The van der Waals surface area contributed by atoms with Crippen molar-refractivity contribution in [1.82, 2.24) is 0 Å². The molecule has 10 atom stereocenters. The summed E-state index contributed by atoms with van der Waals surface area (Å²) in [5.74, 6) is -0.761. The summed E-state index contributed by atoms with van der Waals surface area (Å²) in [6.45, 7) is 2.78. The molecule has 2 saturated heterocycles. The van der Waals surface area contributed by atoms with Gasteiger partial charge in [0.25, 0.3) is 0 Å². The van der Waals surface area contributed by atoms with Gasteiger partial charge in [-0.25, -0.2) is 0 Å². The van der Waals surface area contributed by atoms with Gasteiger partial charge in [-0.2, -0.15) is 0 Å². The Morgan fingerprint density at radius 2 is 1.50 bits per heavy atom. The molecule has 0 aromatic carbocycles. The van der Waals surface area contributed by atoms with Gasteiger partial charge in [0.1, 0.15) is 12.2 Å². The second-order valence-electron chi connectivity index (χ2n) is 6.56. The Morgan fingerprint density at radius 3 is 2.04 bits per heavy atom. The standard InChI is InChI=1S/C15H29NO8/c1-6-8(4-17)22-15(10(16)11(6)19)24-13-9(5-18)23-14(21-3)7(2)12(13)20/h6-15,17-20H,4-5,16H2,1-3H3/t6-,7?,8?,9?,10?,11-,12-,13+,14-,15-/m0/s1. The Balaban J connectivity index is 2.12. The molecule has 0 bridgehead atoms. The van der Waals surface area contributed by atoms with E-state index < -0.39 is 61.7 Å². The summed E-state index contributed by atoms with van der Waals surface area (Å²) in [5.41, 5.74) is 5.98. The molecule has 2 fully saturated rings. The van der Waals surface area contributed by atoms with Crippen LogP contribution in [0.1, 0.15) is 13.8 Å². The van der Waals surface area contributed by atoms with Gasteiger partial charge in [-0.15, -0.1) is 0 Å². The molecule has 2 aliphatic heterocycles. The molecule has 4 unspecified atom stereocenters. The Kier molecular flexibility index (Phi) is 6.94. The van der Waals surface area contributed by atoms with Gasteiger partial charge in [0, 0.05) is 18.9 Å². The highest BCUT2D eigenvalue weighted by atomic mass is 16.7. The summed E-state index contributed by atoms with van der Waals surface area (Å²) in [6, 6.07) is -0.857. The zero-order chi connectivity index (χ0) is 18.0. The number of ether oxygens (including phenoxy) is 4. The summed E-state index contributed by atoms with van der Waals surface area (Å²) >= 11 is 0. The fourth-order valence-electron chi connectivity index (χ4n) is 3.24. The zero-order valence-corrected chi connectivity index (χ0v) is 14.2. The number of nitrogens with two attached hydrogens (primary N) is 1. The van der Waals surface area contributed by atoms with Gasteiger partial charge in [-0.1, -0.05) is 13.8 Å². The third-order valence-electron chi connectivity index (χ3n) is 5.01. The van der Waals surface area contributed by atoms with Crippen molar-refractivity contribution >= 4 is 0 Å². The van der Waals surface area contributed by atoms with Crippen LogP contribution in [0.25, 0.3) is 0 Å². The van der Waals surface area contributed by atoms with E-state index >= 15 is 0 Å². The van der Waals surface area contributed by atoms with E-state index in [0.717, 1.165) is 0 Å². The molecule has 2 heterocycles. The number of aliphatic hydroxyl groups is 4. The summed E-state index contributed by atoms with van der Waals surface area (Å²) in [5, 5.41) is 39.6. The van der Waals surface area contributed by atoms with Gasteiger partial charge >= 0.3 is 0 Å². The quantitative estimate of drug-likeness (QED) is 0.372. The van der Waals surface area contributed by atoms with Crippen molar-refractivity contribution in [3.05, 3.63) is 0 Å². The van der Waals surface area contributed by atoms with Crippen LogP contribution in [0.2, 0.25) is 0 Å². The van der Waals surface area contributed by atoms with E-state index in [1.165, 1.54) is 7.11 Å². The van der Waals surface area contributed by atoms with Crippen molar-refractivity contribution in [2.24, 2.45) is 17.6 Å². The molecule has 0 amide bonds. The van der Waals surface area contributed by atoms with E-state index in [2.05, 4.69) is 0 Å². The van der Waals surface area contributed by atoms with E-state index in [0.29, 0.717) is 0 Å². The fraction of sp³-hybridized carbons (Fsp3) is 1.00. The molecule has 2 aliphatic rings. The minimum absolute atomic E-state index is 0.292. The highest BCUT2D eigenvalue weighted by Gasteiger charge is 2.48. The lowest BCUT2D eigenvalue weighted by Crippen LogP contribution is -2.63. The molecule has 0 aromatic heterocycles. The lowest BCUT2D eigenvalue weighted by molar-refractivity contribution is -0.330. The Bertz CT molecular complexity index is 396. The van der Waals surface area contributed by atoms with Crippen molar-refractivity contribution < 1.29 is 39.4 Å². The first-order chi connectivity index (χ1) is 11.3. The predicted octanol–water partition coefficient (Wildman–Crippen LogP) is -2.23. The molecule has 0 saturated carbocycles. The van der Waals surface area contributed by atoms with Gasteiger partial charge in [0.2, 0.25) is 0 Å². The van der Waals surface area contributed by atoms with E-state index in [1.54, 1.807) is 13.8 Å². The summed E-state index contributed by atoms with van der Waals surface area (Å²) < 4.78 is 22.1. The number of rotatable bonds is 5. The maximum atomic E-state index is 10.5. The lowest BCUT2D eigenvalue weighted by Gasteiger charge is -2.47. The van der Waals surface area contributed by atoms with Crippen molar-refractivity contribution in [2.45, 2.75) is 63.0 Å². The maximum Gasteiger partial charge on any atom is 0.176 e. The molecular weight excluding hydrogens is 322 g/mol. The smallest absolute Gasteiger partial charge is 0.176 e. The van der Waals surface area contributed by atoms with Crippen LogP contribution >= 0.6 is 0 Å². The minimum Gasteiger partial charge on any atom is -0.394 e. The van der Waals surface area contributed by atoms with Crippen molar-refractivity contribution in [1.29, 1.82) is 0 Å². The van der Waals surface area contributed by atoms with Crippen LogP contribution in [-0.4, -0.2) is 89.9 Å². The van der Waals surface area contributed by atoms with Gasteiger partial charge < -0.3 is 45.1 Å². The SMILES string of the molecule is CO[C@H]1OC(CO)[C@@H](O[C@@H]2OC(CO)[C@H](C)[C@H](O)C2N)[C@@H](O)C1C. The first kappa shape index (κ1) is 20.0. The fourth-order valence-corrected chi connectivity index (χ4v) is 3.24. The van der Waals surface area contributed by atoms with Crippen LogP contribution in [0.5, 0.6) is 0 Å². The highest BCUT2D eigenvalue weighted by molar-refractivity contribution is 4.93. The van der Waals surface area contributed by atoms with Crippen LogP contribution in [0, 0.1) is 11.8 Å². The number of hydrogen-bond acceptors (Lipinski definition) is 9. The van der Waals surface area contributed by atoms with Crippen LogP contribution in [-0.2, 0) is 18.9 Å². The van der Waals surface area contributed by atoms with Crippen LogP contribution < -0.4 is 5.73 Å². The Hall–Kier alpha value is -0.360. The zero-order valence-electron chi connectivity index (χ0n) is 14.2. The van der Waals surface area contributed by atoms with Gasteiger partial charge in [0.15, 0.2) is 12.6 Å². The van der Waals surface area contributed by atoms with Crippen LogP contribution in [0.4, 0.5) is 0 Å². The number of methoxy groups -OCH3 is 1. The first-order valence-electron chi connectivity index (χ1n) is 8.18. The molecule has 0 spiro atoms. The molecule has 9 heteroatoms. The average molecular weight is 351 g/mol. The molecular formula is C15H29NO8. The monoisotopic (exact) mass is 351 g/mol. The first-order valence-corrected chi connectivity index (χ1v) is 8.18. The van der Waals surface area contributed by atoms with Crippen molar-refractivity contribution in [3.8, 4) is 0 Å². The molecule has 6 N–H and O–H groups in total. The van der Waals surface area contributed by atoms with Gasteiger partial charge in [-0.3, -0.25) is 0 Å². The summed E-state index contributed by atoms with van der Waals surface area (Å²) in [7, 11) is 1.45. The summed E-state index contributed by atoms with van der Waals surface area (Å²) in [4.78, 5) is 0. The molecule has 0 aromatic rings. The predicted molar refractivity (Wildman–Crippen MR) is 81.7 cm³/mol. The largest absolute Gasteiger partial charge is 0.394 e. The minimum atomic E-state index is -1.04. The van der Waals surface area contributed by atoms with Crippen molar-refractivity contribution in [2.75, 3.05) is 20.3 Å². The van der Waals surface area contributed by atoms with Gasteiger partial charge in [0.05, 0.1) is 37.6 Å². The van der Waals surface area contributed by atoms with E-state index in [-0.39, 0.29) is 12.5 Å². The number of hydrogen-bond donors (Lipinski definition) is 5. The van der Waals surface area contributed by atoms with E-state index in [4.69, 9.17) is 24.7 Å². The Morgan fingerprint density at radius 1 is 0.917 bits per heavy atom. The molecule has 142 valence electrons. The topological polar surface area (TPSA) is 144 Å². The third-order valence-corrected chi connectivity index (χ3v) is 5.01. The molecule has 24 heavy (non-hydrogen) atoms. The van der Waals surface area contributed by atoms with Crippen LogP contribution in [0.15, 0.2) is 0 Å². The van der Waals surface area contributed by atoms with E-state index in [1.807, 2.05) is 0 Å². The summed E-state index contributed by atoms with van der Waals surface area (Å²) in [6.07, 6.45) is -6.01. The maximum absolute atomic E-state index is 10.5.